The monoisotopic (exact) mass is 374 g/mol. The van der Waals surface area contributed by atoms with Crippen LogP contribution in [0.3, 0.4) is 0 Å². The van der Waals surface area contributed by atoms with E-state index in [9.17, 15) is 22.8 Å². The zero-order valence-electron chi connectivity index (χ0n) is 13.6. The lowest BCUT2D eigenvalue weighted by molar-refractivity contribution is 0.0880. The third kappa shape index (κ3) is 3.57. The number of amides is 3. The molecule has 8 nitrogen and oxygen atoms in total. The van der Waals surface area contributed by atoms with Crippen LogP contribution in [-0.2, 0) is 21.2 Å². The topological polar surface area (TPSA) is 119 Å². The van der Waals surface area contributed by atoms with Gasteiger partial charge in [-0.05, 0) is 17.7 Å². The molecule has 0 bridgehead atoms. The summed E-state index contributed by atoms with van der Waals surface area (Å²) in [5.41, 5.74) is 0.436. The second-order valence-corrected chi connectivity index (χ2v) is 7.65. The summed E-state index contributed by atoms with van der Waals surface area (Å²) in [5, 5.41) is 4.40. The third-order valence-electron chi connectivity index (χ3n) is 3.69. The standard InChI is InChI=1S/C17H14N2O6S/c1-26(23,24)11-7-12-14(16(21)19-15(12)20)13(8-11)18-17(22)25-9-10-5-3-2-4-6-10/h2-8H,9H2,1H3,(H,18,22)(H,19,20,21). The number of ether oxygens (including phenoxy) is 1. The number of rotatable bonds is 4. The Kier molecular flexibility index (Phi) is 4.47. The number of benzene rings is 2. The van der Waals surface area contributed by atoms with Crippen LogP contribution in [0.1, 0.15) is 26.3 Å². The van der Waals surface area contributed by atoms with Crippen molar-refractivity contribution in [3.8, 4) is 0 Å². The molecule has 0 fully saturated rings. The fourth-order valence-electron chi connectivity index (χ4n) is 2.45. The molecule has 1 heterocycles. The van der Waals surface area contributed by atoms with Crippen LogP contribution in [0.2, 0.25) is 0 Å². The molecule has 3 rings (SSSR count). The van der Waals surface area contributed by atoms with Crippen molar-refractivity contribution in [2.75, 3.05) is 11.6 Å². The first-order valence-electron chi connectivity index (χ1n) is 7.47. The van der Waals surface area contributed by atoms with Gasteiger partial charge >= 0.3 is 6.09 Å². The smallest absolute Gasteiger partial charge is 0.411 e. The van der Waals surface area contributed by atoms with Gasteiger partial charge in [0.05, 0.1) is 21.7 Å². The number of imide groups is 1. The summed E-state index contributed by atoms with van der Waals surface area (Å²) in [5.74, 6) is -1.44. The second kappa shape index (κ2) is 6.60. The molecule has 0 aliphatic carbocycles. The molecule has 2 aromatic carbocycles. The molecule has 3 amide bonds. The van der Waals surface area contributed by atoms with E-state index in [4.69, 9.17) is 4.74 Å². The van der Waals surface area contributed by atoms with Crippen molar-refractivity contribution >= 4 is 33.4 Å². The molecule has 9 heteroatoms. The lowest BCUT2D eigenvalue weighted by atomic mass is 10.1. The van der Waals surface area contributed by atoms with Gasteiger partial charge in [0.15, 0.2) is 9.84 Å². The summed E-state index contributed by atoms with van der Waals surface area (Å²) in [4.78, 5) is 35.6. The van der Waals surface area contributed by atoms with Crippen molar-refractivity contribution < 1.29 is 27.5 Å². The van der Waals surface area contributed by atoms with Gasteiger partial charge in [-0.25, -0.2) is 13.2 Å². The number of carbonyl (C=O) groups excluding carboxylic acids is 3. The fourth-order valence-corrected chi connectivity index (χ4v) is 3.12. The van der Waals surface area contributed by atoms with Gasteiger partial charge in [0, 0.05) is 6.26 Å². The largest absolute Gasteiger partial charge is 0.444 e. The van der Waals surface area contributed by atoms with Crippen LogP contribution in [0.5, 0.6) is 0 Å². The van der Waals surface area contributed by atoms with Gasteiger partial charge in [0.25, 0.3) is 11.8 Å². The van der Waals surface area contributed by atoms with Gasteiger partial charge in [-0.3, -0.25) is 20.2 Å². The number of hydrogen-bond acceptors (Lipinski definition) is 6. The Bertz CT molecular complexity index is 1020. The van der Waals surface area contributed by atoms with E-state index in [1.54, 1.807) is 24.3 Å². The Morgan fingerprint density at radius 3 is 2.46 bits per heavy atom. The molecule has 0 spiro atoms. The summed E-state index contributed by atoms with van der Waals surface area (Å²) in [7, 11) is -3.66. The first kappa shape index (κ1) is 17.6. The van der Waals surface area contributed by atoms with Gasteiger partial charge in [0.1, 0.15) is 6.61 Å². The summed E-state index contributed by atoms with van der Waals surface area (Å²) in [6.07, 6.45) is 0.0785. The van der Waals surface area contributed by atoms with E-state index in [0.29, 0.717) is 0 Å². The zero-order valence-corrected chi connectivity index (χ0v) is 14.4. The summed E-state index contributed by atoms with van der Waals surface area (Å²) in [6.45, 7) is -0.00818. The van der Waals surface area contributed by atoms with Crippen molar-refractivity contribution in [1.29, 1.82) is 0 Å². The third-order valence-corrected chi connectivity index (χ3v) is 4.78. The first-order chi connectivity index (χ1) is 12.3. The van der Waals surface area contributed by atoms with Crippen LogP contribution in [0.25, 0.3) is 0 Å². The quantitative estimate of drug-likeness (QED) is 0.787. The Morgan fingerprint density at radius 2 is 1.81 bits per heavy atom. The number of hydrogen-bond donors (Lipinski definition) is 2. The van der Waals surface area contributed by atoms with Gasteiger partial charge in [-0.2, -0.15) is 0 Å². The SMILES string of the molecule is CS(=O)(=O)c1cc(NC(=O)OCc2ccccc2)c2c(c1)C(=O)NC2=O. The van der Waals surface area contributed by atoms with Crippen LogP contribution >= 0.6 is 0 Å². The van der Waals surface area contributed by atoms with Gasteiger partial charge < -0.3 is 4.74 Å². The minimum Gasteiger partial charge on any atom is -0.444 e. The molecule has 2 aromatic rings. The molecule has 26 heavy (non-hydrogen) atoms. The fraction of sp³-hybridized carbons (Fsp3) is 0.118. The maximum Gasteiger partial charge on any atom is 0.411 e. The number of fused-ring (bicyclic) bond motifs is 1. The number of nitrogens with one attached hydrogen (secondary N) is 2. The number of carbonyl (C=O) groups is 3. The van der Waals surface area contributed by atoms with E-state index in [-0.39, 0.29) is 28.3 Å². The molecule has 0 saturated heterocycles. The van der Waals surface area contributed by atoms with Crippen LogP contribution in [0.15, 0.2) is 47.4 Å². The lowest BCUT2D eigenvalue weighted by Crippen LogP contribution is -2.21. The van der Waals surface area contributed by atoms with Gasteiger partial charge in [-0.1, -0.05) is 30.3 Å². The Labute approximate surface area is 149 Å². The molecule has 2 N–H and O–H groups in total. The van der Waals surface area contributed by atoms with Crippen molar-refractivity contribution in [3.05, 3.63) is 59.2 Å². The molecular weight excluding hydrogens is 360 g/mol. The van der Waals surface area contributed by atoms with E-state index < -0.39 is 27.7 Å². The highest BCUT2D eigenvalue weighted by atomic mass is 32.2. The maximum absolute atomic E-state index is 12.0. The minimum absolute atomic E-state index is 0.00818. The number of anilines is 1. The molecule has 0 atom stereocenters. The van der Waals surface area contributed by atoms with E-state index in [1.807, 2.05) is 6.07 Å². The average molecular weight is 374 g/mol. The van der Waals surface area contributed by atoms with Gasteiger partial charge in [-0.15, -0.1) is 0 Å². The van der Waals surface area contributed by atoms with Crippen molar-refractivity contribution in [3.63, 3.8) is 0 Å². The summed E-state index contributed by atoms with van der Waals surface area (Å²) in [6, 6.07) is 11.1. The lowest BCUT2D eigenvalue weighted by Gasteiger charge is -2.11. The van der Waals surface area contributed by atoms with Crippen LogP contribution in [0, 0.1) is 0 Å². The zero-order chi connectivity index (χ0) is 18.9. The number of sulfone groups is 1. The molecule has 0 aromatic heterocycles. The van der Waals surface area contributed by atoms with Crippen LogP contribution in [-0.4, -0.2) is 32.6 Å². The molecule has 0 unspecified atom stereocenters. The Morgan fingerprint density at radius 1 is 1.12 bits per heavy atom. The molecule has 0 saturated carbocycles. The Balaban J connectivity index is 1.88. The first-order valence-corrected chi connectivity index (χ1v) is 9.36. The minimum atomic E-state index is -3.66. The van der Waals surface area contributed by atoms with Crippen LogP contribution < -0.4 is 10.6 Å². The molecular formula is C17H14N2O6S. The van der Waals surface area contributed by atoms with E-state index in [2.05, 4.69) is 10.6 Å². The predicted molar refractivity (Wildman–Crippen MR) is 91.6 cm³/mol. The maximum atomic E-state index is 12.0. The Hall–Kier alpha value is -3.20. The summed E-state index contributed by atoms with van der Waals surface area (Å²) < 4.78 is 28.7. The second-order valence-electron chi connectivity index (χ2n) is 5.64. The van der Waals surface area contributed by atoms with Gasteiger partial charge in [0.2, 0.25) is 0 Å². The molecule has 1 aliphatic rings. The molecule has 0 radical (unpaired) electrons. The highest BCUT2D eigenvalue weighted by Crippen LogP contribution is 2.29. The van der Waals surface area contributed by atoms with Crippen LogP contribution in [0.4, 0.5) is 10.5 Å². The molecule has 134 valence electrons. The van der Waals surface area contributed by atoms with Crippen molar-refractivity contribution in [2.45, 2.75) is 11.5 Å². The predicted octanol–water partition coefficient (Wildman–Crippen LogP) is 1.72. The normalized spacial score (nSPS) is 13.1. The molecule has 1 aliphatic heterocycles. The average Bonchev–Trinajstić information content (AvgIpc) is 2.88. The van der Waals surface area contributed by atoms with Crippen molar-refractivity contribution in [1.82, 2.24) is 5.32 Å². The summed E-state index contributed by atoms with van der Waals surface area (Å²) >= 11 is 0. The van der Waals surface area contributed by atoms with E-state index in [1.165, 1.54) is 0 Å². The highest BCUT2D eigenvalue weighted by Gasteiger charge is 2.32. The highest BCUT2D eigenvalue weighted by molar-refractivity contribution is 7.90. The van der Waals surface area contributed by atoms with E-state index >= 15 is 0 Å². The van der Waals surface area contributed by atoms with E-state index in [0.717, 1.165) is 24.0 Å². The van der Waals surface area contributed by atoms with Crippen molar-refractivity contribution in [2.24, 2.45) is 0 Å².